The van der Waals surface area contributed by atoms with Gasteiger partial charge in [-0.1, -0.05) is 65.5 Å². The van der Waals surface area contributed by atoms with Gasteiger partial charge >= 0.3 is 0 Å². The summed E-state index contributed by atoms with van der Waals surface area (Å²) >= 11 is 9.38. The summed E-state index contributed by atoms with van der Waals surface area (Å²) in [6.07, 6.45) is 5.47. The van der Waals surface area contributed by atoms with Gasteiger partial charge < -0.3 is 10.2 Å². The van der Waals surface area contributed by atoms with E-state index < -0.39 is 28.5 Å². The number of carbonyl (C=O) groups is 2. The number of nitrogens with zero attached hydrogens (tertiary/aromatic N) is 2. The Labute approximate surface area is 221 Å². The van der Waals surface area contributed by atoms with E-state index in [4.69, 9.17) is 11.6 Å². The Kier molecular flexibility index (Phi) is 9.61. The lowest BCUT2D eigenvalue weighted by atomic mass is 10.1. The standard InChI is InChI=1S/C25H31BrClN3O4S/c1-3-23(25(32)28-21-8-4-5-9-21)29(16-18-11-13-20(27)14-12-18)24(31)17-30(35(2,33)34)22-10-6-7-19(26)15-22/h6-7,10-15,21,23H,3-5,8-9,16-17H2,1-2H3,(H,28,32)/t23-/m1/s1. The fraction of sp³-hybridized carbons (Fsp3) is 0.440. The van der Waals surface area contributed by atoms with Crippen LogP contribution in [0.2, 0.25) is 5.02 Å². The Morgan fingerprint density at radius 3 is 2.37 bits per heavy atom. The summed E-state index contributed by atoms with van der Waals surface area (Å²) in [7, 11) is -3.77. The van der Waals surface area contributed by atoms with Crippen LogP contribution in [0.4, 0.5) is 5.69 Å². The zero-order valence-electron chi connectivity index (χ0n) is 19.9. The molecule has 190 valence electrons. The Balaban J connectivity index is 1.91. The topological polar surface area (TPSA) is 86.8 Å². The van der Waals surface area contributed by atoms with E-state index in [9.17, 15) is 18.0 Å². The molecule has 0 spiro atoms. The molecule has 0 aliphatic heterocycles. The predicted molar refractivity (Wildman–Crippen MR) is 143 cm³/mol. The molecule has 1 aliphatic carbocycles. The molecule has 0 aromatic heterocycles. The number of benzene rings is 2. The molecule has 35 heavy (non-hydrogen) atoms. The van der Waals surface area contributed by atoms with Gasteiger partial charge in [-0.05, 0) is 55.2 Å². The highest BCUT2D eigenvalue weighted by Gasteiger charge is 2.33. The van der Waals surface area contributed by atoms with Crippen LogP contribution in [0.5, 0.6) is 0 Å². The quantitative estimate of drug-likeness (QED) is 0.437. The number of rotatable bonds is 10. The van der Waals surface area contributed by atoms with E-state index in [-0.39, 0.29) is 18.5 Å². The molecule has 10 heteroatoms. The number of halogens is 2. The highest BCUT2D eigenvalue weighted by atomic mass is 79.9. The largest absolute Gasteiger partial charge is 0.352 e. The van der Waals surface area contributed by atoms with E-state index in [1.54, 1.807) is 48.5 Å². The molecule has 2 aromatic carbocycles. The van der Waals surface area contributed by atoms with Gasteiger partial charge in [-0.15, -0.1) is 0 Å². The van der Waals surface area contributed by atoms with Gasteiger partial charge in [0.1, 0.15) is 12.6 Å². The van der Waals surface area contributed by atoms with Crippen molar-refractivity contribution < 1.29 is 18.0 Å². The van der Waals surface area contributed by atoms with Crippen LogP contribution in [0, 0.1) is 0 Å². The predicted octanol–water partition coefficient (Wildman–Crippen LogP) is 4.73. The van der Waals surface area contributed by atoms with Crippen LogP contribution >= 0.6 is 27.5 Å². The second-order valence-corrected chi connectivity index (χ2v) is 12.1. The van der Waals surface area contributed by atoms with E-state index in [0.29, 0.717) is 21.6 Å². The van der Waals surface area contributed by atoms with E-state index in [1.807, 2.05) is 6.92 Å². The molecular weight excluding hydrogens is 554 g/mol. The van der Waals surface area contributed by atoms with Crippen LogP contribution in [0.1, 0.15) is 44.6 Å². The van der Waals surface area contributed by atoms with Crippen LogP contribution in [-0.4, -0.2) is 50.0 Å². The van der Waals surface area contributed by atoms with Crippen LogP contribution in [0.15, 0.2) is 53.0 Å². The molecule has 1 saturated carbocycles. The van der Waals surface area contributed by atoms with Gasteiger partial charge in [-0.25, -0.2) is 8.42 Å². The third kappa shape index (κ3) is 7.69. The Bertz CT molecular complexity index is 1140. The first-order chi connectivity index (χ1) is 16.6. The Morgan fingerprint density at radius 2 is 1.80 bits per heavy atom. The third-order valence-corrected chi connectivity index (χ3v) is 8.01. The summed E-state index contributed by atoms with van der Waals surface area (Å²) in [6, 6.07) is 13.2. The van der Waals surface area contributed by atoms with Crippen molar-refractivity contribution in [3.63, 3.8) is 0 Å². The monoisotopic (exact) mass is 583 g/mol. The molecule has 1 fully saturated rings. The SMILES string of the molecule is CC[C@H](C(=O)NC1CCCC1)N(Cc1ccc(Cl)cc1)C(=O)CN(c1cccc(Br)c1)S(C)(=O)=O. The third-order valence-electron chi connectivity index (χ3n) is 6.13. The average Bonchev–Trinajstić information content (AvgIpc) is 3.30. The number of amides is 2. The molecule has 0 bridgehead atoms. The van der Waals surface area contributed by atoms with Gasteiger partial charge in [0.25, 0.3) is 0 Å². The molecule has 1 atom stereocenters. The maximum atomic E-state index is 13.7. The van der Waals surface area contributed by atoms with Crippen LogP contribution in [0.25, 0.3) is 0 Å². The van der Waals surface area contributed by atoms with Crippen molar-refractivity contribution in [3.8, 4) is 0 Å². The van der Waals surface area contributed by atoms with Crippen molar-refractivity contribution in [1.29, 1.82) is 0 Å². The highest BCUT2D eigenvalue weighted by Crippen LogP contribution is 2.24. The van der Waals surface area contributed by atoms with E-state index in [0.717, 1.165) is 41.8 Å². The minimum Gasteiger partial charge on any atom is -0.352 e. The van der Waals surface area contributed by atoms with E-state index >= 15 is 0 Å². The first-order valence-electron chi connectivity index (χ1n) is 11.7. The smallest absolute Gasteiger partial charge is 0.244 e. The van der Waals surface area contributed by atoms with Crippen LogP contribution in [-0.2, 0) is 26.2 Å². The van der Waals surface area contributed by atoms with Crippen molar-refractivity contribution >= 4 is 55.1 Å². The maximum Gasteiger partial charge on any atom is 0.244 e. The zero-order valence-corrected chi connectivity index (χ0v) is 23.1. The molecule has 1 N–H and O–H groups in total. The van der Waals surface area contributed by atoms with Gasteiger partial charge in [-0.2, -0.15) is 0 Å². The Hall–Kier alpha value is -2.10. The summed E-state index contributed by atoms with van der Waals surface area (Å²) in [5.41, 5.74) is 1.16. The van der Waals surface area contributed by atoms with Gasteiger partial charge in [0, 0.05) is 22.1 Å². The van der Waals surface area contributed by atoms with Crippen molar-refractivity contribution in [2.45, 2.75) is 57.7 Å². The second kappa shape index (κ2) is 12.2. The maximum absolute atomic E-state index is 13.7. The summed E-state index contributed by atoms with van der Waals surface area (Å²) in [6.45, 7) is 1.59. The summed E-state index contributed by atoms with van der Waals surface area (Å²) in [5, 5.41) is 3.66. The number of carbonyl (C=O) groups excluding carboxylic acids is 2. The Morgan fingerprint density at radius 1 is 1.14 bits per heavy atom. The minimum absolute atomic E-state index is 0.109. The zero-order chi connectivity index (χ0) is 25.6. The van der Waals surface area contributed by atoms with Gasteiger partial charge in [-0.3, -0.25) is 13.9 Å². The lowest BCUT2D eigenvalue weighted by Gasteiger charge is -2.33. The number of nitrogens with one attached hydrogen (secondary N) is 1. The van der Waals surface area contributed by atoms with Crippen molar-refractivity contribution in [2.75, 3.05) is 17.1 Å². The summed E-state index contributed by atoms with van der Waals surface area (Å²) < 4.78 is 27.1. The summed E-state index contributed by atoms with van der Waals surface area (Å²) in [4.78, 5) is 28.4. The minimum atomic E-state index is -3.77. The molecular formula is C25H31BrClN3O4S. The van der Waals surface area contributed by atoms with Crippen molar-refractivity contribution in [3.05, 3.63) is 63.6 Å². The fourth-order valence-electron chi connectivity index (χ4n) is 4.32. The molecule has 0 heterocycles. The first kappa shape index (κ1) is 27.5. The number of hydrogen-bond acceptors (Lipinski definition) is 4. The first-order valence-corrected chi connectivity index (χ1v) is 14.7. The molecule has 7 nitrogen and oxygen atoms in total. The molecule has 3 rings (SSSR count). The molecule has 0 saturated heterocycles. The highest BCUT2D eigenvalue weighted by molar-refractivity contribution is 9.10. The van der Waals surface area contributed by atoms with Crippen LogP contribution < -0.4 is 9.62 Å². The van der Waals surface area contributed by atoms with Gasteiger partial charge in [0.05, 0.1) is 11.9 Å². The summed E-state index contributed by atoms with van der Waals surface area (Å²) in [5.74, 6) is -0.672. The number of hydrogen-bond donors (Lipinski definition) is 1. The number of anilines is 1. The van der Waals surface area contributed by atoms with Crippen molar-refractivity contribution in [2.24, 2.45) is 0 Å². The lowest BCUT2D eigenvalue weighted by Crippen LogP contribution is -2.53. The fourth-order valence-corrected chi connectivity index (χ4v) is 5.67. The van der Waals surface area contributed by atoms with Crippen LogP contribution in [0.3, 0.4) is 0 Å². The van der Waals surface area contributed by atoms with Gasteiger partial charge in [0.15, 0.2) is 0 Å². The lowest BCUT2D eigenvalue weighted by molar-refractivity contribution is -0.140. The second-order valence-electron chi connectivity index (χ2n) is 8.81. The molecule has 0 radical (unpaired) electrons. The number of sulfonamides is 1. The average molecular weight is 585 g/mol. The molecule has 0 unspecified atom stereocenters. The normalized spacial score (nSPS) is 15.0. The molecule has 2 aromatic rings. The van der Waals surface area contributed by atoms with E-state index in [1.165, 1.54) is 4.90 Å². The van der Waals surface area contributed by atoms with E-state index in [2.05, 4.69) is 21.2 Å². The van der Waals surface area contributed by atoms with Crippen molar-refractivity contribution in [1.82, 2.24) is 10.2 Å². The van der Waals surface area contributed by atoms with Gasteiger partial charge in [0.2, 0.25) is 21.8 Å². The molecule has 2 amide bonds. The molecule has 1 aliphatic rings.